The van der Waals surface area contributed by atoms with Crippen molar-refractivity contribution < 1.29 is 19.1 Å². The Morgan fingerprint density at radius 1 is 1.09 bits per heavy atom. The average molecular weight is 475 g/mol. The molecule has 1 saturated carbocycles. The lowest BCUT2D eigenvalue weighted by molar-refractivity contribution is -0.131. The zero-order valence-corrected chi connectivity index (χ0v) is 21.2. The summed E-state index contributed by atoms with van der Waals surface area (Å²) in [5.41, 5.74) is 0.711. The maximum absolute atomic E-state index is 13.3. The third-order valence-electron chi connectivity index (χ3n) is 7.42. The molecule has 1 aromatic carbocycles. The summed E-state index contributed by atoms with van der Waals surface area (Å²) < 4.78 is 10.8. The second-order valence-electron chi connectivity index (χ2n) is 9.46. The molecule has 0 radical (unpaired) electrons. The largest absolute Gasteiger partial charge is 0.497 e. The predicted octanol–water partition coefficient (Wildman–Crippen LogP) is 3.58. The third-order valence-corrected chi connectivity index (χ3v) is 7.42. The van der Waals surface area contributed by atoms with Crippen molar-refractivity contribution in [3.63, 3.8) is 0 Å². The van der Waals surface area contributed by atoms with Gasteiger partial charge in [0.05, 0.1) is 19.1 Å². The Balaban J connectivity index is 1.66. The lowest BCUT2D eigenvalue weighted by Crippen LogP contribution is -2.55. The number of carbonyl (C=O) groups excluding carboxylic acids is 2. The van der Waals surface area contributed by atoms with E-state index in [2.05, 4.69) is 29.4 Å². The van der Waals surface area contributed by atoms with Gasteiger partial charge in [0.15, 0.2) is 0 Å². The van der Waals surface area contributed by atoms with Crippen molar-refractivity contribution in [2.24, 2.45) is 11.8 Å². The molecule has 0 aromatic heterocycles. The second kappa shape index (κ2) is 13.0. The minimum absolute atomic E-state index is 0.0723. The van der Waals surface area contributed by atoms with Crippen LogP contribution in [0.3, 0.4) is 0 Å². The van der Waals surface area contributed by atoms with Crippen molar-refractivity contribution in [2.75, 3.05) is 52.3 Å². The molecule has 0 spiro atoms. The number of anilines is 1. The second-order valence-corrected chi connectivity index (χ2v) is 9.46. The summed E-state index contributed by atoms with van der Waals surface area (Å²) in [5, 5.41) is 6.24. The van der Waals surface area contributed by atoms with Crippen LogP contribution >= 0.6 is 0 Å². The van der Waals surface area contributed by atoms with Gasteiger partial charge in [-0.25, -0.2) is 4.79 Å². The van der Waals surface area contributed by atoms with Crippen LogP contribution in [-0.4, -0.2) is 80.8 Å². The molecule has 2 N–H and O–H groups in total. The molecule has 2 aliphatic rings. The zero-order chi connectivity index (χ0) is 24.5. The summed E-state index contributed by atoms with van der Waals surface area (Å²) in [7, 11) is 3.39. The molecule has 1 aliphatic carbocycles. The van der Waals surface area contributed by atoms with E-state index < -0.39 is 0 Å². The Hall–Kier alpha value is -2.32. The van der Waals surface area contributed by atoms with Crippen LogP contribution in [0.2, 0.25) is 0 Å². The van der Waals surface area contributed by atoms with Crippen LogP contribution in [0.1, 0.15) is 46.0 Å². The molecule has 0 bridgehead atoms. The fourth-order valence-corrected chi connectivity index (χ4v) is 5.26. The van der Waals surface area contributed by atoms with Gasteiger partial charge in [0.2, 0.25) is 5.91 Å². The van der Waals surface area contributed by atoms with Crippen LogP contribution in [0, 0.1) is 11.8 Å². The fourth-order valence-electron chi connectivity index (χ4n) is 5.26. The van der Waals surface area contributed by atoms with Crippen LogP contribution < -0.4 is 15.4 Å². The zero-order valence-electron chi connectivity index (χ0n) is 21.2. The maximum atomic E-state index is 13.3. The highest BCUT2D eigenvalue weighted by atomic mass is 16.5. The van der Waals surface area contributed by atoms with Crippen LogP contribution in [0.15, 0.2) is 24.3 Å². The van der Waals surface area contributed by atoms with E-state index in [4.69, 9.17) is 9.47 Å². The van der Waals surface area contributed by atoms with Gasteiger partial charge in [-0.3, -0.25) is 4.79 Å². The van der Waals surface area contributed by atoms with Gasteiger partial charge < -0.3 is 29.9 Å². The average Bonchev–Trinajstić information content (AvgIpc) is 2.86. The van der Waals surface area contributed by atoms with Gasteiger partial charge in [0, 0.05) is 31.9 Å². The summed E-state index contributed by atoms with van der Waals surface area (Å²) in [6, 6.07) is 7.37. The molecule has 3 amide bonds. The number of rotatable bonds is 11. The standard InChI is InChI=1S/C26H42N4O4/c1-5-29(6-2)14-7-15-30(26(32)27-21-8-10-22(33-3)11-9-21)18-20-16-19-17-23(34-4)12-13-24(19)28-25(20)31/h8-11,19-20,23-24H,5-7,12-18H2,1-4H3,(H,27,32)(H,28,31). The van der Waals surface area contributed by atoms with Crippen molar-refractivity contribution in [3.05, 3.63) is 24.3 Å². The minimum atomic E-state index is -0.202. The Kier molecular flexibility index (Phi) is 10.0. The molecular weight excluding hydrogens is 432 g/mol. The van der Waals surface area contributed by atoms with Gasteiger partial charge in [-0.2, -0.15) is 0 Å². The number of ether oxygens (including phenoxy) is 2. The first-order chi connectivity index (χ1) is 16.5. The monoisotopic (exact) mass is 474 g/mol. The summed E-state index contributed by atoms with van der Waals surface area (Å²) in [4.78, 5) is 30.4. The normalized spacial score (nSPS) is 24.3. The molecule has 8 heteroatoms. The molecule has 4 unspecified atom stereocenters. The van der Waals surface area contributed by atoms with Crippen LogP contribution in [0.4, 0.5) is 10.5 Å². The van der Waals surface area contributed by atoms with Gasteiger partial charge in [-0.05, 0) is 81.9 Å². The number of fused-ring (bicyclic) bond motifs is 1. The number of nitrogens with zero attached hydrogens (tertiary/aromatic N) is 2. The van der Waals surface area contributed by atoms with E-state index in [0.717, 1.165) is 57.5 Å². The predicted molar refractivity (Wildman–Crippen MR) is 134 cm³/mol. The highest BCUT2D eigenvalue weighted by Crippen LogP contribution is 2.35. The Labute approximate surface area is 204 Å². The minimum Gasteiger partial charge on any atom is -0.497 e. The van der Waals surface area contributed by atoms with E-state index in [-0.39, 0.29) is 30.0 Å². The molecule has 4 atom stereocenters. The molecule has 1 aromatic rings. The van der Waals surface area contributed by atoms with Crippen molar-refractivity contribution in [3.8, 4) is 5.75 Å². The molecule has 190 valence electrons. The molecule has 1 aliphatic heterocycles. The van der Waals surface area contributed by atoms with Crippen LogP contribution in [0.25, 0.3) is 0 Å². The van der Waals surface area contributed by atoms with Gasteiger partial charge in [0.1, 0.15) is 5.75 Å². The Bertz CT molecular complexity index is 784. The highest BCUT2D eigenvalue weighted by Gasteiger charge is 2.40. The summed E-state index contributed by atoms with van der Waals surface area (Å²) >= 11 is 0. The summed E-state index contributed by atoms with van der Waals surface area (Å²) in [6.07, 6.45) is 4.86. The van der Waals surface area contributed by atoms with Gasteiger partial charge in [-0.1, -0.05) is 13.8 Å². The maximum Gasteiger partial charge on any atom is 0.321 e. The van der Waals surface area contributed by atoms with Crippen molar-refractivity contribution in [2.45, 2.75) is 58.1 Å². The number of urea groups is 1. The number of benzene rings is 1. The summed E-state index contributed by atoms with van der Waals surface area (Å²) in [6.45, 7) is 8.24. The first-order valence-corrected chi connectivity index (χ1v) is 12.7. The third kappa shape index (κ3) is 7.09. The van der Waals surface area contributed by atoms with E-state index in [1.165, 1.54) is 0 Å². The first kappa shape index (κ1) is 26.3. The lowest BCUT2D eigenvalue weighted by Gasteiger charge is -2.42. The van der Waals surface area contributed by atoms with E-state index in [0.29, 0.717) is 24.7 Å². The number of piperidine rings is 1. The lowest BCUT2D eigenvalue weighted by atomic mass is 9.74. The Morgan fingerprint density at radius 2 is 1.82 bits per heavy atom. The number of carbonyl (C=O) groups is 2. The van der Waals surface area contributed by atoms with E-state index >= 15 is 0 Å². The van der Waals surface area contributed by atoms with Crippen LogP contribution in [0.5, 0.6) is 5.75 Å². The molecular formula is C26H42N4O4. The van der Waals surface area contributed by atoms with Crippen LogP contribution in [-0.2, 0) is 9.53 Å². The SMILES string of the molecule is CCN(CC)CCCN(CC1CC2CC(OC)CCC2NC1=O)C(=O)Nc1ccc(OC)cc1. The molecule has 1 saturated heterocycles. The van der Waals surface area contributed by atoms with Gasteiger partial charge >= 0.3 is 6.03 Å². The highest BCUT2D eigenvalue weighted by molar-refractivity contribution is 5.90. The van der Waals surface area contributed by atoms with Crippen molar-refractivity contribution >= 4 is 17.6 Å². The molecule has 1 heterocycles. The van der Waals surface area contributed by atoms with E-state index in [1.807, 2.05) is 29.2 Å². The molecule has 2 fully saturated rings. The van der Waals surface area contributed by atoms with E-state index in [1.54, 1.807) is 14.2 Å². The van der Waals surface area contributed by atoms with Gasteiger partial charge in [-0.15, -0.1) is 0 Å². The molecule has 34 heavy (non-hydrogen) atoms. The van der Waals surface area contributed by atoms with E-state index in [9.17, 15) is 9.59 Å². The molecule has 3 rings (SSSR count). The fraction of sp³-hybridized carbons (Fsp3) is 0.692. The topological polar surface area (TPSA) is 83.1 Å². The van der Waals surface area contributed by atoms with Gasteiger partial charge in [0.25, 0.3) is 0 Å². The summed E-state index contributed by atoms with van der Waals surface area (Å²) in [5.74, 6) is 1.02. The Morgan fingerprint density at radius 3 is 2.47 bits per heavy atom. The number of hydrogen-bond donors (Lipinski definition) is 2. The molecule has 8 nitrogen and oxygen atoms in total. The quantitative estimate of drug-likeness (QED) is 0.512. The number of methoxy groups -OCH3 is 2. The van der Waals surface area contributed by atoms with Crippen molar-refractivity contribution in [1.29, 1.82) is 0 Å². The smallest absolute Gasteiger partial charge is 0.321 e. The van der Waals surface area contributed by atoms with Crippen molar-refractivity contribution in [1.82, 2.24) is 15.1 Å². The number of amides is 3. The number of nitrogens with one attached hydrogen (secondary N) is 2. The number of hydrogen-bond acceptors (Lipinski definition) is 5. The first-order valence-electron chi connectivity index (χ1n) is 12.7.